The summed E-state index contributed by atoms with van der Waals surface area (Å²) < 4.78 is 5.57. The lowest BCUT2D eigenvalue weighted by Crippen LogP contribution is -2.39. The smallest absolute Gasteiger partial charge is 0.251 e. The van der Waals surface area contributed by atoms with Gasteiger partial charge in [-0.1, -0.05) is 49.4 Å². The third kappa shape index (κ3) is 7.40. The van der Waals surface area contributed by atoms with Gasteiger partial charge in [0.2, 0.25) is 0 Å². The molecule has 2 aromatic rings. The molecule has 3 rings (SSSR count). The molecule has 31 heavy (non-hydrogen) atoms. The molecule has 2 unspecified atom stereocenters. The van der Waals surface area contributed by atoms with E-state index in [0.29, 0.717) is 24.6 Å². The normalized spacial score (nSPS) is 17.2. The Morgan fingerprint density at radius 2 is 1.97 bits per heavy atom. The number of rotatable bonds is 9. The van der Waals surface area contributed by atoms with Crippen LogP contribution in [0.4, 0.5) is 0 Å². The van der Waals surface area contributed by atoms with E-state index >= 15 is 0 Å². The SMILES string of the molecule is CCNC(=NCc1cccc(C(=O)NCC2CCCO2)c1)NCC(C)c1ccccc1. The average molecular weight is 423 g/mol. The Kier molecular flexibility index (Phi) is 8.91. The second-order valence-corrected chi connectivity index (χ2v) is 7.93. The van der Waals surface area contributed by atoms with E-state index in [1.54, 1.807) is 0 Å². The first-order chi connectivity index (χ1) is 15.2. The van der Waals surface area contributed by atoms with Crippen molar-refractivity contribution in [1.82, 2.24) is 16.0 Å². The molecule has 0 bridgehead atoms. The van der Waals surface area contributed by atoms with Gasteiger partial charge in [-0.2, -0.15) is 0 Å². The fourth-order valence-electron chi connectivity index (χ4n) is 3.59. The number of hydrogen-bond donors (Lipinski definition) is 3. The second-order valence-electron chi connectivity index (χ2n) is 7.93. The fraction of sp³-hybridized carbons (Fsp3) is 0.440. The first-order valence-corrected chi connectivity index (χ1v) is 11.2. The van der Waals surface area contributed by atoms with Crippen LogP contribution in [0, 0.1) is 0 Å². The number of benzene rings is 2. The van der Waals surface area contributed by atoms with Gasteiger partial charge in [-0.25, -0.2) is 4.99 Å². The van der Waals surface area contributed by atoms with Gasteiger partial charge in [-0.3, -0.25) is 4.79 Å². The zero-order chi connectivity index (χ0) is 21.9. The van der Waals surface area contributed by atoms with Crippen molar-refractivity contribution in [3.05, 3.63) is 71.3 Å². The standard InChI is InChI=1S/C25H34N4O2/c1-3-26-25(28-16-19(2)21-10-5-4-6-11-21)29-17-20-9-7-12-22(15-20)24(30)27-18-23-13-8-14-31-23/h4-7,9-12,15,19,23H,3,8,13-14,16-18H2,1-2H3,(H,27,30)(H2,26,28,29). The highest BCUT2D eigenvalue weighted by molar-refractivity contribution is 5.94. The maximum absolute atomic E-state index is 12.5. The van der Waals surface area contributed by atoms with Gasteiger partial charge in [-0.15, -0.1) is 0 Å². The molecule has 1 aliphatic heterocycles. The lowest BCUT2D eigenvalue weighted by Gasteiger charge is -2.16. The van der Waals surface area contributed by atoms with Gasteiger partial charge in [0.25, 0.3) is 5.91 Å². The largest absolute Gasteiger partial charge is 0.376 e. The molecule has 1 amide bonds. The van der Waals surface area contributed by atoms with Crippen LogP contribution in [0.3, 0.4) is 0 Å². The molecule has 1 saturated heterocycles. The molecule has 0 aliphatic carbocycles. The fourth-order valence-corrected chi connectivity index (χ4v) is 3.59. The molecule has 3 N–H and O–H groups in total. The van der Waals surface area contributed by atoms with Crippen molar-refractivity contribution in [2.45, 2.75) is 45.3 Å². The first kappa shape index (κ1) is 22.8. The molecule has 6 heteroatoms. The summed E-state index contributed by atoms with van der Waals surface area (Å²) in [5.74, 6) is 1.09. The third-order valence-corrected chi connectivity index (χ3v) is 5.41. The summed E-state index contributed by atoms with van der Waals surface area (Å²) >= 11 is 0. The minimum Gasteiger partial charge on any atom is -0.376 e. The van der Waals surface area contributed by atoms with Crippen LogP contribution in [0.25, 0.3) is 0 Å². The highest BCUT2D eigenvalue weighted by Crippen LogP contribution is 2.13. The van der Waals surface area contributed by atoms with E-state index in [2.05, 4.69) is 54.1 Å². The number of hydrogen-bond acceptors (Lipinski definition) is 3. The number of amides is 1. The molecule has 0 spiro atoms. The summed E-state index contributed by atoms with van der Waals surface area (Å²) in [7, 11) is 0. The predicted molar refractivity (Wildman–Crippen MR) is 125 cm³/mol. The second kappa shape index (κ2) is 12.1. The monoisotopic (exact) mass is 422 g/mol. The predicted octanol–water partition coefficient (Wildman–Crippen LogP) is 3.45. The summed E-state index contributed by atoms with van der Waals surface area (Å²) in [4.78, 5) is 17.2. The zero-order valence-corrected chi connectivity index (χ0v) is 18.6. The molecule has 0 aromatic heterocycles. The van der Waals surface area contributed by atoms with Gasteiger partial charge in [0.05, 0.1) is 12.6 Å². The first-order valence-electron chi connectivity index (χ1n) is 11.2. The van der Waals surface area contributed by atoms with Crippen LogP contribution in [-0.2, 0) is 11.3 Å². The Balaban J connectivity index is 1.54. The summed E-state index contributed by atoms with van der Waals surface area (Å²) in [6.07, 6.45) is 2.22. The van der Waals surface area contributed by atoms with Crippen LogP contribution in [0.15, 0.2) is 59.6 Å². The van der Waals surface area contributed by atoms with Gasteiger partial charge in [0.1, 0.15) is 0 Å². The van der Waals surface area contributed by atoms with Crippen molar-refractivity contribution in [3.8, 4) is 0 Å². The van der Waals surface area contributed by atoms with E-state index in [1.807, 2.05) is 30.3 Å². The van der Waals surface area contributed by atoms with Gasteiger partial charge in [0.15, 0.2) is 5.96 Å². The molecule has 166 valence electrons. The molecule has 2 aromatic carbocycles. The lowest BCUT2D eigenvalue weighted by atomic mass is 10.0. The topological polar surface area (TPSA) is 74.8 Å². The van der Waals surface area contributed by atoms with E-state index in [0.717, 1.165) is 44.1 Å². The van der Waals surface area contributed by atoms with Gasteiger partial charge < -0.3 is 20.7 Å². The third-order valence-electron chi connectivity index (χ3n) is 5.41. The van der Waals surface area contributed by atoms with E-state index < -0.39 is 0 Å². The highest BCUT2D eigenvalue weighted by atomic mass is 16.5. The summed E-state index contributed by atoms with van der Waals surface area (Å²) in [6.45, 7) is 7.69. The molecule has 1 aliphatic rings. The quantitative estimate of drug-likeness (QED) is 0.427. The van der Waals surface area contributed by atoms with Crippen molar-refractivity contribution >= 4 is 11.9 Å². The molecule has 0 saturated carbocycles. The number of nitrogens with one attached hydrogen (secondary N) is 3. The maximum atomic E-state index is 12.5. The lowest BCUT2D eigenvalue weighted by molar-refractivity contribution is 0.0857. The van der Waals surface area contributed by atoms with Crippen LogP contribution in [0.5, 0.6) is 0 Å². The van der Waals surface area contributed by atoms with Gasteiger partial charge >= 0.3 is 0 Å². The molecular formula is C25H34N4O2. The average Bonchev–Trinajstić information content (AvgIpc) is 3.33. The summed E-state index contributed by atoms with van der Waals surface area (Å²) in [5.41, 5.74) is 2.95. The molecule has 0 radical (unpaired) electrons. The van der Waals surface area contributed by atoms with E-state index in [4.69, 9.17) is 9.73 Å². The number of nitrogens with zero attached hydrogens (tertiary/aromatic N) is 1. The molecule has 6 nitrogen and oxygen atoms in total. The Morgan fingerprint density at radius 1 is 1.13 bits per heavy atom. The zero-order valence-electron chi connectivity index (χ0n) is 18.6. The van der Waals surface area contributed by atoms with Crippen LogP contribution in [0.1, 0.15) is 54.1 Å². The molecule has 2 atom stereocenters. The maximum Gasteiger partial charge on any atom is 0.251 e. The minimum absolute atomic E-state index is 0.0666. The van der Waals surface area contributed by atoms with Crippen LogP contribution in [-0.4, -0.2) is 44.2 Å². The van der Waals surface area contributed by atoms with E-state index in [1.165, 1.54) is 5.56 Å². The van der Waals surface area contributed by atoms with Crippen LogP contribution < -0.4 is 16.0 Å². The number of aliphatic imine (C=N–C) groups is 1. The van der Waals surface area contributed by atoms with Crippen molar-refractivity contribution < 1.29 is 9.53 Å². The minimum atomic E-state index is -0.0666. The Hall–Kier alpha value is -2.86. The molecule has 1 heterocycles. The number of guanidine groups is 1. The van der Waals surface area contributed by atoms with E-state index in [9.17, 15) is 4.79 Å². The summed E-state index contributed by atoms with van der Waals surface area (Å²) in [6, 6.07) is 18.1. The highest BCUT2D eigenvalue weighted by Gasteiger charge is 2.16. The number of ether oxygens (including phenoxy) is 1. The van der Waals surface area contributed by atoms with Crippen LogP contribution in [0.2, 0.25) is 0 Å². The number of carbonyl (C=O) groups is 1. The summed E-state index contributed by atoms with van der Waals surface area (Å²) in [5, 5.41) is 9.70. The molecule has 1 fully saturated rings. The Labute approximate surface area is 185 Å². The van der Waals surface area contributed by atoms with Gasteiger partial charge in [-0.05, 0) is 48.9 Å². The van der Waals surface area contributed by atoms with Crippen molar-refractivity contribution in [1.29, 1.82) is 0 Å². The van der Waals surface area contributed by atoms with E-state index in [-0.39, 0.29) is 12.0 Å². The Morgan fingerprint density at radius 3 is 2.71 bits per heavy atom. The van der Waals surface area contributed by atoms with Crippen LogP contribution >= 0.6 is 0 Å². The van der Waals surface area contributed by atoms with Crippen molar-refractivity contribution in [2.24, 2.45) is 4.99 Å². The van der Waals surface area contributed by atoms with Crippen molar-refractivity contribution in [3.63, 3.8) is 0 Å². The van der Waals surface area contributed by atoms with Gasteiger partial charge in [0, 0.05) is 31.8 Å². The molecular weight excluding hydrogens is 388 g/mol. The Bertz CT molecular complexity index is 848. The van der Waals surface area contributed by atoms with Crippen molar-refractivity contribution in [2.75, 3.05) is 26.2 Å². The number of carbonyl (C=O) groups excluding carboxylic acids is 1.